The molecule has 1 spiro atoms. The molecule has 7 aliphatic rings. The number of cyclic esters (lactones) is 1. The van der Waals surface area contributed by atoms with Crippen LogP contribution >= 0.6 is 0 Å². The molecule has 13 heteroatoms. The van der Waals surface area contributed by atoms with E-state index in [2.05, 4.69) is 86.3 Å². The van der Waals surface area contributed by atoms with E-state index in [0.29, 0.717) is 70.1 Å². The van der Waals surface area contributed by atoms with Crippen LogP contribution in [0.25, 0.3) is 33.3 Å². The molecule has 4 amide bonds. The fraction of sp³-hybridized carbons (Fsp3) is 0.586. The predicted molar refractivity (Wildman–Crippen MR) is 272 cm³/mol. The number of aryl methyl sites for hydroxylation is 1. The molecule has 71 heavy (non-hydrogen) atoms. The molecule has 2 aromatic heterocycles. The summed E-state index contributed by atoms with van der Waals surface area (Å²) in [5.41, 5.74) is 10.6. The number of amides is 4. The van der Waals surface area contributed by atoms with E-state index < -0.39 is 34.9 Å². The quantitative estimate of drug-likeness (QED) is 0.160. The predicted octanol–water partition coefficient (Wildman–Crippen LogP) is 8.22. The highest BCUT2D eigenvalue weighted by atomic mass is 16.5. The highest BCUT2D eigenvalue weighted by Crippen LogP contribution is 2.56. The maximum Gasteiger partial charge on any atom is 0.324 e. The largest absolute Gasteiger partial charge is 0.464 e. The van der Waals surface area contributed by atoms with Crippen molar-refractivity contribution in [3.63, 3.8) is 0 Å². The van der Waals surface area contributed by atoms with Gasteiger partial charge in [-0.15, -0.1) is 0 Å². The molecular formula is C58H73N7O6. The summed E-state index contributed by atoms with van der Waals surface area (Å²) >= 11 is 0. The number of likely N-dealkylation sites (tertiary alicyclic amines) is 2. The Bertz CT molecular complexity index is 2750. The van der Waals surface area contributed by atoms with E-state index >= 15 is 9.59 Å². The lowest BCUT2D eigenvalue weighted by atomic mass is 9.83. The zero-order valence-electron chi connectivity index (χ0n) is 42.5. The first-order chi connectivity index (χ1) is 34.2. The van der Waals surface area contributed by atoms with E-state index in [1.807, 2.05) is 34.2 Å². The van der Waals surface area contributed by atoms with Crippen molar-refractivity contribution in [2.75, 3.05) is 32.8 Å². The Morgan fingerprint density at radius 2 is 1.70 bits per heavy atom. The van der Waals surface area contributed by atoms with E-state index in [9.17, 15) is 14.4 Å². The SMILES string of the molecule is CCn1c(-c2cccnc2C(C)C)c2c3cc(ccc31)-c1cccc(c1)C[C@H](NC(=O)[C@H](C1CCCC1)N1CC[C@]3(CCN(C(=O)[C@@H]4C[C@@H]4C4CC4)C3)C1=O)C(=O)N1CCC[C@H](N1)C(=O)OCC(C)(C)C2. The molecule has 4 aromatic rings. The zero-order chi connectivity index (χ0) is 49.3. The second-order valence-electron chi connectivity index (χ2n) is 23.5. The third-order valence-corrected chi connectivity index (χ3v) is 17.5. The lowest BCUT2D eigenvalue weighted by molar-refractivity contribution is -0.155. The Hall–Kier alpha value is -5.56. The number of fused-ring (bicyclic) bond motifs is 6. The number of hydrazine groups is 1. The summed E-state index contributed by atoms with van der Waals surface area (Å²) in [4.78, 5) is 81.4. The monoisotopic (exact) mass is 964 g/mol. The van der Waals surface area contributed by atoms with Crippen molar-refractivity contribution in [1.29, 1.82) is 0 Å². The van der Waals surface area contributed by atoms with Gasteiger partial charge in [0.2, 0.25) is 17.7 Å². The van der Waals surface area contributed by atoms with Gasteiger partial charge in [-0.1, -0.05) is 70.9 Å². The van der Waals surface area contributed by atoms with Crippen molar-refractivity contribution in [2.24, 2.45) is 34.5 Å². The number of pyridine rings is 1. The molecule has 0 radical (unpaired) electrons. The molecule has 3 saturated carbocycles. The average Bonchev–Trinajstić information content (AvgIpc) is 4.20. The number of nitrogens with one attached hydrogen (secondary N) is 2. The number of carbonyl (C=O) groups is 5. The van der Waals surface area contributed by atoms with Crippen LogP contribution in [0.2, 0.25) is 0 Å². The third-order valence-electron chi connectivity index (χ3n) is 17.5. The second-order valence-corrected chi connectivity index (χ2v) is 23.5. The molecule has 2 aromatic carbocycles. The number of nitrogens with zero attached hydrogens (tertiary/aromatic N) is 5. The molecule has 11 rings (SSSR count). The normalized spacial score (nSPS) is 27.4. The molecule has 3 aliphatic carbocycles. The molecule has 6 atom stereocenters. The number of rotatable bonds is 9. The van der Waals surface area contributed by atoms with Crippen LogP contribution in [0.15, 0.2) is 60.8 Å². The molecule has 4 aliphatic heterocycles. The third kappa shape index (κ3) is 9.07. The van der Waals surface area contributed by atoms with E-state index in [1.54, 1.807) is 0 Å². The van der Waals surface area contributed by atoms with E-state index in [-0.39, 0.29) is 54.4 Å². The summed E-state index contributed by atoms with van der Waals surface area (Å²) in [6, 6.07) is 16.7. The molecule has 6 fully saturated rings. The maximum atomic E-state index is 15.2. The molecule has 376 valence electrons. The first kappa shape index (κ1) is 47.7. The lowest BCUT2D eigenvalue weighted by Crippen LogP contribution is -2.62. The fourth-order valence-electron chi connectivity index (χ4n) is 13.5. The minimum absolute atomic E-state index is 0.0253. The number of carbonyl (C=O) groups excluding carboxylic acids is 5. The molecule has 0 unspecified atom stereocenters. The standard InChI is InChI=1S/C58H73N7O6/c1-6-63-48-21-20-40-30-43(48)45(51(63)41-16-10-24-59-49(41)35(2)3)32-57(4,5)34-71-55(69)46-17-11-25-65(61-46)54(68)47(29-36-12-9-15-39(40)28-36)60-52(66)50(38-13-7-8-14-38)64-27-23-58(56(64)70)22-26-62(33-58)53(67)44-31-42(44)37-18-19-37/h9-10,12,15-16,20-21,24,28,30,35,37-38,42,44,46-47,50,61H,6-8,11,13-14,17-19,22-23,25-27,29,31-34H2,1-5H3,(H,60,66)/t42-,44-,46+,47+,50+,58+/m1/s1. The van der Waals surface area contributed by atoms with Gasteiger partial charge in [0.15, 0.2) is 0 Å². The van der Waals surface area contributed by atoms with Gasteiger partial charge in [-0.3, -0.25) is 34.0 Å². The lowest BCUT2D eigenvalue weighted by Gasteiger charge is -2.37. The summed E-state index contributed by atoms with van der Waals surface area (Å²) in [6.07, 6.45) is 12.1. The number of hydrogen-bond donors (Lipinski definition) is 2. The molecule has 6 bridgehead atoms. The van der Waals surface area contributed by atoms with Crippen LogP contribution in [0.3, 0.4) is 0 Å². The number of esters is 1. The van der Waals surface area contributed by atoms with Gasteiger partial charge in [-0.05, 0) is 141 Å². The van der Waals surface area contributed by atoms with Gasteiger partial charge < -0.3 is 24.4 Å². The van der Waals surface area contributed by atoms with Crippen molar-refractivity contribution in [3.05, 3.63) is 77.6 Å². The van der Waals surface area contributed by atoms with E-state index in [4.69, 9.17) is 9.72 Å². The number of benzene rings is 2. The molecule has 6 heterocycles. The topological polar surface area (TPSA) is 146 Å². The average molecular weight is 964 g/mol. The van der Waals surface area contributed by atoms with Gasteiger partial charge in [-0.2, -0.15) is 0 Å². The van der Waals surface area contributed by atoms with Crippen molar-refractivity contribution in [3.8, 4) is 22.4 Å². The summed E-state index contributed by atoms with van der Waals surface area (Å²) in [7, 11) is 0. The Kier molecular flexibility index (Phi) is 12.6. The van der Waals surface area contributed by atoms with Gasteiger partial charge >= 0.3 is 5.97 Å². The van der Waals surface area contributed by atoms with Gasteiger partial charge in [-0.25, -0.2) is 5.43 Å². The Labute approximate surface area is 418 Å². The van der Waals surface area contributed by atoms with E-state index in [1.165, 1.54) is 23.4 Å². The van der Waals surface area contributed by atoms with Crippen LogP contribution in [-0.2, 0) is 48.1 Å². The summed E-state index contributed by atoms with van der Waals surface area (Å²) in [5, 5.41) is 5.90. The first-order valence-corrected chi connectivity index (χ1v) is 27.1. The van der Waals surface area contributed by atoms with E-state index in [0.717, 1.165) is 83.2 Å². The number of aromatic nitrogens is 2. The highest BCUT2D eigenvalue weighted by molar-refractivity contribution is 5.97. The molecule has 2 N–H and O–H groups in total. The van der Waals surface area contributed by atoms with Crippen molar-refractivity contribution in [1.82, 2.24) is 35.1 Å². The summed E-state index contributed by atoms with van der Waals surface area (Å²) in [5.74, 6) is 0.641. The van der Waals surface area contributed by atoms with Gasteiger partial charge in [0.05, 0.1) is 23.4 Å². The second kappa shape index (κ2) is 18.8. The van der Waals surface area contributed by atoms with Gasteiger partial charge in [0.1, 0.15) is 18.1 Å². The van der Waals surface area contributed by atoms with Crippen LogP contribution in [-0.4, -0.2) is 105 Å². The Balaban J connectivity index is 0.928. The summed E-state index contributed by atoms with van der Waals surface area (Å²) in [6.45, 7) is 13.6. The maximum absolute atomic E-state index is 15.2. The minimum atomic E-state index is -0.990. The van der Waals surface area contributed by atoms with Crippen molar-refractivity contribution in [2.45, 2.75) is 149 Å². The molecule has 3 saturated heterocycles. The van der Waals surface area contributed by atoms with Crippen molar-refractivity contribution >= 4 is 40.5 Å². The highest BCUT2D eigenvalue weighted by Gasteiger charge is 2.58. The molecule has 13 nitrogen and oxygen atoms in total. The van der Waals surface area contributed by atoms with Crippen molar-refractivity contribution < 1.29 is 28.7 Å². The van der Waals surface area contributed by atoms with Crippen LogP contribution in [0, 0.1) is 34.5 Å². The minimum Gasteiger partial charge on any atom is -0.464 e. The smallest absolute Gasteiger partial charge is 0.324 e. The van der Waals surface area contributed by atoms with Crippen LogP contribution in [0.5, 0.6) is 0 Å². The summed E-state index contributed by atoms with van der Waals surface area (Å²) < 4.78 is 8.60. The van der Waals surface area contributed by atoms with Crippen LogP contribution < -0.4 is 10.7 Å². The van der Waals surface area contributed by atoms with Gasteiger partial charge in [0.25, 0.3) is 5.91 Å². The molecular weight excluding hydrogens is 891 g/mol. The Morgan fingerprint density at radius 3 is 2.48 bits per heavy atom. The van der Waals surface area contributed by atoms with Gasteiger partial charge in [0, 0.05) is 73.1 Å². The number of hydrogen-bond acceptors (Lipinski definition) is 8. The van der Waals surface area contributed by atoms with Crippen LogP contribution in [0.1, 0.15) is 128 Å². The first-order valence-electron chi connectivity index (χ1n) is 27.1. The fourth-order valence-corrected chi connectivity index (χ4v) is 13.5. The zero-order valence-corrected chi connectivity index (χ0v) is 42.5. The number of ether oxygens (including phenoxy) is 1. The van der Waals surface area contributed by atoms with Crippen LogP contribution in [0.4, 0.5) is 0 Å². The Morgan fingerprint density at radius 1 is 0.915 bits per heavy atom.